The Bertz CT molecular complexity index is 1580. The summed E-state index contributed by atoms with van der Waals surface area (Å²) >= 11 is 0. The van der Waals surface area contributed by atoms with Gasteiger partial charge in [-0.05, 0) is 62.2 Å². The van der Waals surface area contributed by atoms with Crippen LogP contribution in [0.25, 0.3) is 16.6 Å². The first kappa shape index (κ1) is 27.5. The highest BCUT2D eigenvalue weighted by atomic mass is 19.1. The van der Waals surface area contributed by atoms with E-state index in [2.05, 4.69) is 15.7 Å². The van der Waals surface area contributed by atoms with Gasteiger partial charge in [0.15, 0.2) is 11.6 Å². The first-order chi connectivity index (χ1) is 18.4. The highest BCUT2D eigenvalue weighted by Gasteiger charge is 2.22. The normalized spacial score (nSPS) is 11.5. The van der Waals surface area contributed by atoms with Gasteiger partial charge in [0.1, 0.15) is 5.60 Å². The van der Waals surface area contributed by atoms with Crippen molar-refractivity contribution >= 4 is 29.0 Å². The molecular weight excluding hydrogens is 505 g/mol. The molecule has 0 aliphatic heterocycles. The molecular formula is C28H30FN5O5. The maximum absolute atomic E-state index is 15.5. The van der Waals surface area contributed by atoms with Gasteiger partial charge in [0.2, 0.25) is 0 Å². The third-order valence-corrected chi connectivity index (χ3v) is 5.86. The lowest BCUT2D eigenvalue weighted by Crippen LogP contribution is -2.32. The number of fused-ring (bicyclic) bond motifs is 1. The van der Waals surface area contributed by atoms with Gasteiger partial charge in [-0.1, -0.05) is 0 Å². The van der Waals surface area contributed by atoms with Crippen molar-refractivity contribution in [3.8, 4) is 11.1 Å². The van der Waals surface area contributed by atoms with Crippen LogP contribution in [-0.4, -0.2) is 42.7 Å². The number of amides is 2. The summed E-state index contributed by atoms with van der Waals surface area (Å²) in [6.45, 7) is 6.40. The fourth-order valence-corrected chi connectivity index (χ4v) is 4.12. The number of Topliss-reactive ketones (excluding diaryl/α,β-unsaturated/α-hetero) is 1. The minimum Gasteiger partial charge on any atom is -0.444 e. The number of ketones is 1. The zero-order valence-corrected chi connectivity index (χ0v) is 22.3. The van der Waals surface area contributed by atoms with Crippen LogP contribution >= 0.6 is 0 Å². The zero-order chi connectivity index (χ0) is 28.5. The second-order valence-electron chi connectivity index (χ2n) is 10.2. The first-order valence-electron chi connectivity index (χ1n) is 12.2. The van der Waals surface area contributed by atoms with Crippen molar-refractivity contribution in [2.24, 2.45) is 7.05 Å². The van der Waals surface area contributed by atoms with E-state index >= 15 is 4.39 Å². The van der Waals surface area contributed by atoms with Gasteiger partial charge in [0, 0.05) is 44.0 Å². The molecule has 0 aliphatic rings. The number of nitrogens with one attached hydrogen (secondary N) is 2. The Kier molecular flexibility index (Phi) is 7.55. The number of rotatable bonds is 7. The quantitative estimate of drug-likeness (QED) is 0.300. The summed E-state index contributed by atoms with van der Waals surface area (Å²) in [7, 11) is 1.70. The van der Waals surface area contributed by atoms with Crippen molar-refractivity contribution in [3.05, 3.63) is 77.1 Å². The van der Waals surface area contributed by atoms with E-state index in [1.165, 1.54) is 36.0 Å². The molecule has 3 aromatic heterocycles. The Labute approximate surface area is 224 Å². The SMILES string of the molecule is CC(=O)c1cc(C(=O)Nc2cc(CO)cc(-c3cnn(C)c3)c2F)c2cc(CNC(=O)OC(C)(C)C)ccn12. The molecule has 10 nitrogen and oxygen atoms in total. The summed E-state index contributed by atoms with van der Waals surface area (Å²) in [5.41, 5.74) is 1.72. The van der Waals surface area contributed by atoms with E-state index < -0.39 is 23.4 Å². The number of pyridine rings is 1. The molecule has 0 radical (unpaired) electrons. The molecule has 0 bridgehead atoms. The van der Waals surface area contributed by atoms with Crippen LogP contribution in [0.3, 0.4) is 0 Å². The lowest BCUT2D eigenvalue weighted by Gasteiger charge is -2.19. The molecule has 0 unspecified atom stereocenters. The highest BCUT2D eigenvalue weighted by molar-refractivity contribution is 6.11. The van der Waals surface area contributed by atoms with Gasteiger partial charge < -0.3 is 24.9 Å². The molecule has 0 saturated carbocycles. The number of carbonyl (C=O) groups is 3. The standard InChI is InChI=1S/C28H30FN5O5/c1-16(36)23-11-21(24-10-17(6-7-34(23)24)12-30-27(38)39-28(2,3)4)26(37)32-22-9-18(15-35)8-20(25(22)29)19-13-31-33(5)14-19/h6-11,13-14,35H,12,15H2,1-5H3,(H,30,38)(H,32,37). The van der Waals surface area contributed by atoms with E-state index in [9.17, 15) is 19.5 Å². The second kappa shape index (κ2) is 10.7. The van der Waals surface area contributed by atoms with Crippen LogP contribution in [0.1, 0.15) is 59.7 Å². The first-order valence-corrected chi connectivity index (χ1v) is 12.2. The Morgan fingerprint density at radius 3 is 2.49 bits per heavy atom. The fraction of sp³-hybridized carbons (Fsp3) is 0.286. The molecule has 0 spiro atoms. The summed E-state index contributed by atoms with van der Waals surface area (Å²) < 4.78 is 23.9. The maximum atomic E-state index is 15.5. The number of aryl methyl sites for hydroxylation is 1. The van der Waals surface area contributed by atoms with Gasteiger partial charge >= 0.3 is 6.09 Å². The number of nitrogens with zero attached hydrogens (tertiary/aromatic N) is 3. The average molecular weight is 536 g/mol. The van der Waals surface area contributed by atoms with Gasteiger partial charge in [-0.15, -0.1) is 0 Å². The summed E-state index contributed by atoms with van der Waals surface area (Å²) in [5, 5.41) is 19.1. The number of benzene rings is 1. The summed E-state index contributed by atoms with van der Waals surface area (Å²) in [5.74, 6) is -1.61. The second-order valence-corrected chi connectivity index (χ2v) is 10.2. The van der Waals surface area contributed by atoms with E-state index in [0.29, 0.717) is 22.2 Å². The molecule has 3 N–H and O–H groups in total. The molecule has 39 heavy (non-hydrogen) atoms. The zero-order valence-electron chi connectivity index (χ0n) is 22.3. The average Bonchev–Trinajstić information content (AvgIpc) is 3.46. The molecule has 4 rings (SSSR count). The third kappa shape index (κ3) is 6.15. The van der Waals surface area contributed by atoms with E-state index in [-0.39, 0.29) is 41.4 Å². The predicted octanol–water partition coefficient (Wildman–Crippen LogP) is 4.45. The molecule has 0 aliphatic carbocycles. The van der Waals surface area contributed by atoms with Crippen LogP contribution in [-0.2, 0) is 24.9 Å². The molecule has 11 heteroatoms. The lowest BCUT2D eigenvalue weighted by atomic mass is 10.0. The Morgan fingerprint density at radius 1 is 1.13 bits per heavy atom. The summed E-state index contributed by atoms with van der Waals surface area (Å²) in [6, 6.07) is 7.66. The predicted molar refractivity (Wildman–Crippen MR) is 143 cm³/mol. The number of carbonyl (C=O) groups excluding carboxylic acids is 3. The molecule has 204 valence electrons. The van der Waals surface area contributed by atoms with Crippen molar-refractivity contribution in [2.75, 3.05) is 5.32 Å². The van der Waals surface area contributed by atoms with E-state index in [1.54, 1.807) is 56.7 Å². The van der Waals surface area contributed by atoms with E-state index in [0.717, 1.165) is 0 Å². The smallest absolute Gasteiger partial charge is 0.407 e. The number of aliphatic hydroxyl groups excluding tert-OH is 1. The molecule has 0 atom stereocenters. The van der Waals surface area contributed by atoms with Crippen molar-refractivity contribution in [1.82, 2.24) is 19.5 Å². The van der Waals surface area contributed by atoms with Crippen LogP contribution in [0.15, 0.2) is 48.9 Å². The molecule has 4 aromatic rings. The van der Waals surface area contributed by atoms with Gasteiger partial charge in [0.25, 0.3) is 5.91 Å². The van der Waals surface area contributed by atoms with Crippen LogP contribution < -0.4 is 10.6 Å². The van der Waals surface area contributed by atoms with Crippen LogP contribution in [0.5, 0.6) is 0 Å². The van der Waals surface area contributed by atoms with Crippen LogP contribution in [0.2, 0.25) is 0 Å². The van der Waals surface area contributed by atoms with E-state index in [4.69, 9.17) is 4.74 Å². The molecule has 3 heterocycles. The molecule has 2 amide bonds. The largest absolute Gasteiger partial charge is 0.444 e. The lowest BCUT2D eigenvalue weighted by molar-refractivity contribution is 0.0523. The molecule has 0 saturated heterocycles. The van der Waals surface area contributed by atoms with E-state index in [1.807, 2.05) is 0 Å². The summed E-state index contributed by atoms with van der Waals surface area (Å²) in [4.78, 5) is 37.8. The number of aromatic nitrogens is 3. The van der Waals surface area contributed by atoms with Crippen molar-refractivity contribution in [3.63, 3.8) is 0 Å². The van der Waals surface area contributed by atoms with Crippen molar-refractivity contribution < 1.29 is 28.6 Å². The molecule has 1 aromatic carbocycles. The molecule has 0 fully saturated rings. The minimum atomic E-state index is -0.689. The number of ether oxygens (including phenoxy) is 1. The topological polar surface area (TPSA) is 127 Å². The van der Waals surface area contributed by atoms with Gasteiger partial charge in [-0.25, -0.2) is 9.18 Å². The summed E-state index contributed by atoms with van der Waals surface area (Å²) in [6.07, 6.45) is 4.14. The number of hydrogen-bond donors (Lipinski definition) is 3. The number of halogens is 1. The maximum Gasteiger partial charge on any atom is 0.407 e. The Hall–Kier alpha value is -4.51. The highest BCUT2D eigenvalue weighted by Crippen LogP contribution is 2.30. The van der Waals surface area contributed by atoms with Gasteiger partial charge in [-0.3, -0.25) is 14.3 Å². The Balaban J connectivity index is 1.68. The van der Waals surface area contributed by atoms with Crippen LogP contribution in [0, 0.1) is 5.82 Å². The van der Waals surface area contributed by atoms with Crippen LogP contribution in [0.4, 0.5) is 14.9 Å². The minimum absolute atomic E-state index is 0.120. The number of hydrogen-bond acceptors (Lipinski definition) is 6. The van der Waals surface area contributed by atoms with Crippen molar-refractivity contribution in [2.45, 2.75) is 46.4 Å². The fourth-order valence-electron chi connectivity index (χ4n) is 4.12. The van der Waals surface area contributed by atoms with Crippen molar-refractivity contribution in [1.29, 1.82) is 0 Å². The number of anilines is 1. The third-order valence-electron chi connectivity index (χ3n) is 5.86. The monoisotopic (exact) mass is 535 g/mol. The van der Waals surface area contributed by atoms with Gasteiger partial charge in [0.05, 0.1) is 35.3 Å². The van der Waals surface area contributed by atoms with Gasteiger partial charge in [-0.2, -0.15) is 5.10 Å². The number of alkyl carbamates (subject to hydrolysis) is 1. The number of aliphatic hydroxyl groups is 1. The Morgan fingerprint density at radius 2 is 1.87 bits per heavy atom.